The summed E-state index contributed by atoms with van der Waals surface area (Å²) in [5.41, 5.74) is 4.02. The lowest BCUT2D eigenvalue weighted by molar-refractivity contribution is 0.273. The van der Waals surface area contributed by atoms with Crippen LogP contribution in [0.15, 0.2) is 35.1 Å². The number of ether oxygens (including phenoxy) is 1. The van der Waals surface area contributed by atoms with E-state index in [0.29, 0.717) is 29.9 Å². The topological polar surface area (TPSA) is 51.5 Å². The van der Waals surface area contributed by atoms with Gasteiger partial charge in [0.25, 0.3) is 5.56 Å². The Morgan fingerprint density at radius 1 is 1.26 bits per heavy atom. The number of hydrogen-bond acceptors (Lipinski definition) is 3. The fourth-order valence-electron chi connectivity index (χ4n) is 4.13. The van der Waals surface area contributed by atoms with Crippen LogP contribution < -0.4 is 10.3 Å². The van der Waals surface area contributed by atoms with E-state index in [0.717, 1.165) is 40.5 Å². The molecular weight excluding hydrogens is 345 g/mol. The van der Waals surface area contributed by atoms with Crippen LogP contribution in [-0.2, 0) is 19.9 Å². The van der Waals surface area contributed by atoms with Crippen LogP contribution in [0.3, 0.4) is 0 Å². The standard InChI is InChI=1S/C22H22FNO3/c1-13-14-8-5-11-27-21(14)18(23)12-17(13)20-15-6-3-4-7-16(15)22(26)24(2)19(20)9-10-25/h3-4,6-7,12,25H,5,8-11H2,1-2H3. The molecule has 0 spiro atoms. The van der Waals surface area contributed by atoms with Crippen molar-refractivity contribution in [3.05, 3.63) is 63.3 Å². The summed E-state index contributed by atoms with van der Waals surface area (Å²) in [6.45, 7) is 2.42. The van der Waals surface area contributed by atoms with Gasteiger partial charge in [0.1, 0.15) is 0 Å². The van der Waals surface area contributed by atoms with Crippen molar-refractivity contribution in [3.8, 4) is 16.9 Å². The SMILES string of the molecule is Cc1c(-c2c(CCO)n(C)c(=O)c3ccccc23)cc(F)c2c1CCCO2. The van der Waals surface area contributed by atoms with Crippen molar-refractivity contribution < 1.29 is 14.2 Å². The van der Waals surface area contributed by atoms with E-state index in [9.17, 15) is 14.3 Å². The third-order valence-corrected chi connectivity index (χ3v) is 5.48. The lowest BCUT2D eigenvalue weighted by Crippen LogP contribution is -2.23. The minimum Gasteiger partial charge on any atom is -0.490 e. The highest BCUT2D eigenvalue weighted by Crippen LogP contribution is 2.40. The largest absolute Gasteiger partial charge is 0.490 e. The summed E-state index contributed by atoms with van der Waals surface area (Å²) in [7, 11) is 1.70. The lowest BCUT2D eigenvalue weighted by Gasteiger charge is -2.24. The van der Waals surface area contributed by atoms with E-state index in [1.54, 1.807) is 17.7 Å². The van der Waals surface area contributed by atoms with Gasteiger partial charge < -0.3 is 14.4 Å². The molecule has 4 rings (SSSR count). The number of halogens is 1. The molecule has 0 fully saturated rings. The normalized spacial score (nSPS) is 13.5. The van der Waals surface area contributed by atoms with Crippen molar-refractivity contribution in [1.29, 1.82) is 0 Å². The number of fused-ring (bicyclic) bond motifs is 2. The van der Waals surface area contributed by atoms with Gasteiger partial charge in [0, 0.05) is 42.3 Å². The van der Waals surface area contributed by atoms with Crippen molar-refractivity contribution in [3.63, 3.8) is 0 Å². The first-order valence-electron chi connectivity index (χ1n) is 9.21. The highest BCUT2D eigenvalue weighted by molar-refractivity contribution is 5.98. The van der Waals surface area contributed by atoms with Crippen molar-refractivity contribution in [1.82, 2.24) is 4.57 Å². The van der Waals surface area contributed by atoms with Crippen molar-refractivity contribution in [2.75, 3.05) is 13.2 Å². The lowest BCUT2D eigenvalue weighted by atomic mass is 9.88. The van der Waals surface area contributed by atoms with Crippen molar-refractivity contribution >= 4 is 10.8 Å². The van der Waals surface area contributed by atoms with Gasteiger partial charge >= 0.3 is 0 Å². The summed E-state index contributed by atoms with van der Waals surface area (Å²) in [6.07, 6.45) is 1.94. The van der Waals surface area contributed by atoms with Crippen LogP contribution in [0.4, 0.5) is 4.39 Å². The Bertz CT molecular complexity index is 1100. The Balaban J connectivity index is 2.14. The Labute approximate surface area is 156 Å². The van der Waals surface area contributed by atoms with E-state index in [-0.39, 0.29) is 18.0 Å². The molecular formula is C22H22FNO3. The Morgan fingerprint density at radius 2 is 2.00 bits per heavy atom. The number of pyridine rings is 1. The van der Waals surface area contributed by atoms with Crippen LogP contribution in [0.2, 0.25) is 0 Å². The van der Waals surface area contributed by atoms with Crippen LogP contribution in [0.5, 0.6) is 5.75 Å². The van der Waals surface area contributed by atoms with Crippen LogP contribution in [0.1, 0.15) is 23.2 Å². The van der Waals surface area contributed by atoms with Gasteiger partial charge in [0.2, 0.25) is 0 Å². The van der Waals surface area contributed by atoms with Gasteiger partial charge in [0.15, 0.2) is 11.6 Å². The Hall–Kier alpha value is -2.66. The van der Waals surface area contributed by atoms with E-state index < -0.39 is 0 Å². The summed E-state index contributed by atoms with van der Waals surface area (Å²) in [6, 6.07) is 8.89. The average molecular weight is 367 g/mol. The molecule has 0 amide bonds. The van der Waals surface area contributed by atoms with E-state index >= 15 is 0 Å². The summed E-state index contributed by atoms with van der Waals surface area (Å²) in [4.78, 5) is 12.8. The van der Waals surface area contributed by atoms with Crippen LogP contribution >= 0.6 is 0 Å². The maximum Gasteiger partial charge on any atom is 0.258 e. The minimum atomic E-state index is -0.377. The summed E-state index contributed by atoms with van der Waals surface area (Å²) < 4.78 is 22.0. The molecule has 2 heterocycles. The average Bonchev–Trinajstić information content (AvgIpc) is 2.69. The third kappa shape index (κ3) is 2.73. The zero-order valence-electron chi connectivity index (χ0n) is 15.5. The molecule has 1 aromatic heterocycles. The van der Waals surface area contributed by atoms with E-state index in [2.05, 4.69) is 0 Å². The first-order chi connectivity index (χ1) is 13.0. The fourth-order valence-corrected chi connectivity index (χ4v) is 4.13. The summed E-state index contributed by atoms with van der Waals surface area (Å²) >= 11 is 0. The number of hydrogen-bond donors (Lipinski definition) is 1. The second-order valence-corrected chi connectivity index (χ2v) is 7.00. The first-order valence-corrected chi connectivity index (χ1v) is 9.21. The molecule has 3 aromatic rings. The smallest absolute Gasteiger partial charge is 0.258 e. The molecule has 0 saturated heterocycles. The molecule has 4 nitrogen and oxygen atoms in total. The first kappa shape index (κ1) is 17.7. The van der Waals surface area contributed by atoms with Gasteiger partial charge in [-0.25, -0.2) is 4.39 Å². The minimum absolute atomic E-state index is 0.0891. The number of aliphatic hydroxyl groups excluding tert-OH is 1. The predicted molar refractivity (Wildman–Crippen MR) is 104 cm³/mol. The quantitative estimate of drug-likeness (QED) is 0.771. The molecule has 0 saturated carbocycles. The number of aromatic nitrogens is 1. The van der Waals surface area contributed by atoms with Gasteiger partial charge in [-0.1, -0.05) is 18.2 Å². The number of rotatable bonds is 3. The molecule has 0 bridgehead atoms. The maximum absolute atomic E-state index is 14.9. The zero-order valence-corrected chi connectivity index (χ0v) is 15.5. The van der Waals surface area contributed by atoms with Crippen LogP contribution in [0, 0.1) is 12.7 Å². The fraction of sp³-hybridized carbons (Fsp3) is 0.318. The molecule has 1 aliphatic rings. The van der Waals surface area contributed by atoms with E-state index in [4.69, 9.17) is 4.74 Å². The molecule has 27 heavy (non-hydrogen) atoms. The van der Waals surface area contributed by atoms with Gasteiger partial charge in [-0.3, -0.25) is 4.79 Å². The summed E-state index contributed by atoms with van der Waals surface area (Å²) in [5, 5.41) is 11.0. The predicted octanol–water partition coefficient (Wildman–Crippen LogP) is 3.51. The van der Waals surface area contributed by atoms with E-state index in [1.807, 2.05) is 25.1 Å². The van der Waals surface area contributed by atoms with Crippen LogP contribution in [0.25, 0.3) is 21.9 Å². The number of nitrogens with zero attached hydrogens (tertiary/aromatic N) is 1. The molecule has 0 aliphatic carbocycles. The number of benzene rings is 2. The molecule has 0 radical (unpaired) electrons. The van der Waals surface area contributed by atoms with Gasteiger partial charge in [-0.05, 0) is 48.4 Å². The maximum atomic E-state index is 14.9. The highest BCUT2D eigenvalue weighted by atomic mass is 19.1. The molecule has 1 N–H and O–H groups in total. The molecule has 0 unspecified atom stereocenters. The summed E-state index contributed by atoms with van der Waals surface area (Å²) in [5.74, 6) is -0.0292. The van der Waals surface area contributed by atoms with E-state index in [1.165, 1.54) is 6.07 Å². The van der Waals surface area contributed by atoms with Gasteiger partial charge in [-0.2, -0.15) is 0 Å². The second kappa shape index (κ2) is 6.82. The van der Waals surface area contributed by atoms with Gasteiger partial charge in [0.05, 0.1) is 6.61 Å². The molecule has 5 heteroatoms. The Morgan fingerprint density at radius 3 is 2.74 bits per heavy atom. The van der Waals surface area contributed by atoms with Gasteiger partial charge in [-0.15, -0.1) is 0 Å². The molecule has 2 aromatic carbocycles. The molecule has 140 valence electrons. The van der Waals surface area contributed by atoms with Crippen molar-refractivity contribution in [2.24, 2.45) is 7.05 Å². The second-order valence-electron chi connectivity index (χ2n) is 7.00. The zero-order chi connectivity index (χ0) is 19.1. The Kier molecular flexibility index (Phi) is 4.48. The highest BCUT2D eigenvalue weighted by Gasteiger charge is 2.24. The van der Waals surface area contributed by atoms with Crippen molar-refractivity contribution in [2.45, 2.75) is 26.2 Å². The van der Waals surface area contributed by atoms with Crippen LogP contribution in [-0.4, -0.2) is 22.9 Å². The molecule has 1 aliphatic heterocycles. The number of aliphatic hydroxyl groups is 1. The third-order valence-electron chi connectivity index (χ3n) is 5.48. The molecule has 0 atom stereocenters. The monoisotopic (exact) mass is 367 g/mol.